The maximum Gasteiger partial charge on any atom is 0.274 e. The van der Waals surface area contributed by atoms with E-state index < -0.39 is 0 Å². The minimum atomic E-state index is -0.302. The van der Waals surface area contributed by atoms with Gasteiger partial charge in [0.1, 0.15) is 11.4 Å². The van der Waals surface area contributed by atoms with Gasteiger partial charge in [0, 0.05) is 19.3 Å². The van der Waals surface area contributed by atoms with Gasteiger partial charge in [-0.3, -0.25) is 4.79 Å². The molecule has 3 rings (SSSR count). The van der Waals surface area contributed by atoms with E-state index in [0.717, 1.165) is 16.8 Å². The van der Waals surface area contributed by atoms with Gasteiger partial charge in [-0.15, -0.1) is 0 Å². The van der Waals surface area contributed by atoms with Gasteiger partial charge in [0.05, 0.1) is 12.8 Å². The summed E-state index contributed by atoms with van der Waals surface area (Å²) in [5.41, 5.74) is 3.82. The van der Waals surface area contributed by atoms with Crippen LogP contribution in [0.2, 0.25) is 0 Å². The number of methoxy groups -OCH3 is 1. The molecule has 0 saturated heterocycles. The molecule has 1 heterocycles. The third kappa shape index (κ3) is 4.65. The number of carbonyl (C=O) groups excluding carboxylic acids is 1. The fourth-order valence-electron chi connectivity index (χ4n) is 2.87. The molecule has 0 atom stereocenters. The van der Waals surface area contributed by atoms with Crippen molar-refractivity contribution >= 4 is 17.5 Å². The first-order valence-corrected chi connectivity index (χ1v) is 9.03. The molecule has 0 radical (unpaired) electrons. The third-order valence-corrected chi connectivity index (χ3v) is 4.28. The molecular formula is C22H24N4O2. The number of rotatable bonds is 6. The lowest BCUT2D eigenvalue weighted by Gasteiger charge is -2.18. The van der Waals surface area contributed by atoms with Crippen molar-refractivity contribution in [3.8, 4) is 5.75 Å². The summed E-state index contributed by atoms with van der Waals surface area (Å²) in [6.07, 6.45) is 0. The summed E-state index contributed by atoms with van der Waals surface area (Å²) in [5.74, 6) is 0.806. The van der Waals surface area contributed by atoms with Crippen LogP contribution in [0.3, 0.4) is 0 Å². The first kappa shape index (κ1) is 19.4. The second kappa shape index (κ2) is 8.52. The van der Waals surface area contributed by atoms with Gasteiger partial charge < -0.3 is 15.0 Å². The molecule has 3 aromatic rings. The minimum Gasteiger partial charge on any atom is -0.495 e. The van der Waals surface area contributed by atoms with Gasteiger partial charge in [-0.2, -0.15) is 0 Å². The van der Waals surface area contributed by atoms with Crippen LogP contribution in [-0.2, 0) is 6.54 Å². The molecule has 0 aliphatic heterocycles. The minimum absolute atomic E-state index is 0.302. The molecule has 0 aliphatic carbocycles. The number of ether oxygens (including phenoxy) is 1. The Morgan fingerprint density at radius 1 is 1.07 bits per heavy atom. The molecule has 0 spiro atoms. The average Bonchev–Trinajstić information content (AvgIpc) is 2.68. The van der Waals surface area contributed by atoms with Crippen molar-refractivity contribution in [1.82, 2.24) is 9.97 Å². The SMILES string of the molecule is COc1ccc(C)cc1NC(=O)c1cc(C)nc(N(C)Cc2ccccc2)n1. The van der Waals surface area contributed by atoms with Gasteiger partial charge in [-0.1, -0.05) is 36.4 Å². The lowest BCUT2D eigenvalue weighted by Crippen LogP contribution is -2.22. The lowest BCUT2D eigenvalue weighted by atomic mass is 10.2. The number of amides is 1. The van der Waals surface area contributed by atoms with Crippen LogP contribution in [0.4, 0.5) is 11.6 Å². The molecule has 1 amide bonds. The maximum atomic E-state index is 12.8. The summed E-state index contributed by atoms with van der Waals surface area (Å²) in [5, 5.41) is 2.89. The van der Waals surface area contributed by atoms with Crippen LogP contribution >= 0.6 is 0 Å². The Kier molecular flexibility index (Phi) is 5.89. The van der Waals surface area contributed by atoms with E-state index in [4.69, 9.17) is 4.74 Å². The number of nitrogens with zero attached hydrogens (tertiary/aromatic N) is 3. The molecule has 1 N–H and O–H groups in total. The predicted molar refractivity (Wildman–Crippen MR) is 111 cm³/mol. The van der Waals surface area contributed by atoms with Crippen LogP contribution in [0.25, 0.3) is 0 Å². The molecule has 0 aliphatic rings. The number of anilines is 2. The number of aromatic nitrogens is 2. The monoisotopic (exact) mass is 376 g/mol. The van der Waals surface area contributed by atoms with E-state index in [-0.39, 0.29) is 5.91 Å². The Bertz CT molecular complexity index is 974. The lowest BCUT2D eigenvalue weighted by molar-refractivity contribution is 0.102. The highest BCUT2D eigenvalue weighted by Gasteiger charge is 2.15. The van der Waals surface area contributed by atoms with Gasteiger partial charge in [-0.25, -0.2) is 9.97 Å². The Morgan fingerprint density at radius 3 is 2.54 bits per heavy atom. The van der Waals surface area contributed by atoms with Gasteiger partial charge in [0.25, 0.3) is 5.91 Å². The molecule has 28 heavy (non-hydrogen) atoms. The summed E-state index contributed by atoms with van der Waals surface area (Å²) < 4.78 is 5.33. The number of hydrogen-bond donors (Lipinski definition) is 1. The molecule has 2 aromatic carbocycles. The standard InChI is InChI=1S/C22H24N4O2/c1-15-10-11-20(28-4)18(12-15)24-21(27)19-13-16(2)23-22(25-19)26(3)14-17-8-6-5-7-9-17/h5-13H,14H2,1-4H3,(H,24,27). The summed E-state index contributed by atoms with van der Waals surface area (Å²) >= 11 is 0. The van der Waals surface area contributed by atoms with E-state index >= 15 is 0 Å². The number of carbonyl (C=O) groups is 1. The van der Waals surface area contributed by atoms with Crippen LogP contribution < -0.4 is 15.0 Å². The van der Waals surface area contributed by atoms with E-state index in [1.54, 1.807) is 13.2 Å². The van der Waals surface area contributed by atoms with E-state index in [9.17, 15) is 4.79 Å². The normalized spacial score (nSPS) is 10.4. The van der Waals surface area contributed by atoms with Crippen LogP contribution in [0.1, 0.15) is 27.3 Å². The van der Waals surface area contributed by atoms with Crippen molar-refractivity contribution in [2.24, 2.45) is 0 Å². The average molecular weight is 376 g/mol. The van der Waals surface area contributed by atoms with Gasteiger partial charge in [-0.05, 0) is 43.2 Å². The molecule has 144 valence electrons. The number of hydrogen-bond acceptors (Lipinski definition) is 5. The first-order valence-electron chi connectivity index (χ1n) is 9.03. The molecule has 0 unspecified atom stereocenters. The first-order chi connectivity index (χ1) is 13.5. The second-order valence-electron chi connectivity index (χ2n) is 6.69. The zero-order chi connectivity index (χ0) is 20.1. The zero-order valence-corrected chi connectivity index (χ0v) is 16.6. The number of benzene rings is 2. The van der Waals surface area contributed by atoms with E-state index in [0.29, 0.717) is 29.6 Å². The van der Waals surface area contributed by atoms with Crippen molar-refractivity contribution in [2.75, 3.05) is 24.4 Å². The highest BCUT2D eigenvalue weighted by molar-refractivity contribution is 6.04. The van der Waals surface area contributed by atoms with E-state index in [1.165, 1.54) is 0 Å². The van der Waals surface area contributed by atoms with Crippen LogP contribution in [0.5, 0.6) is 5.75 Å². The molecule has 6 nitrogen and oxygen atoms in total. The highest BCUT2D eigenvalue weighted by Crippen LogP contribution is 2.25. The topological polar surface area (TPSA) is 67.3 Å². The van der Waals surface area contributed by atoms with Crippen molar-refractivity contribution in [1.29, 1.82) is 0 Å². The van der Waals surface area contributed by atoms with Crippen molar-refractivity contribution in [3.63, 3.8) is 0 Å². The molecule has 6 heteroatoms. The van der Waals surface area contributed by atoms with Gasteiger partial charge in [0.15, 0.2) is 0 Å². The summed E-state index contributed by atoms with van der Waals surface area (Å²) in [6, 6.07) is 17.4. The smallest absolute Gasteiger partial charge is 0.274 e. The maximum absolute atomic E-state index is 12.8. The summed E-state index contributed by atoms with van der Waals surface area (Å²) in [6.45, 7) is 4.46. The number of aryl methyl sites for hydroxylation is 2. The van der Waals surface area contributed by atoms with Crippen molar-refractivity contribution in [3.05, 3.63) is 77.1 Å². The Hall–Kier alpha value is -3.41. The molecule has 0 fully saturated rings. The van der Waals surface area contributed by atoms with E-state index in [1.807, 2.05) is 74.3 Å². The largest absolute Gasteiger partial charge is 0.495 e. The Labute approximate surface area is 165 Å². The number of nitrogens with one attached hydrogen (secondary N) is 1. The third-order valence-electron chi connectivity index (χ3n) is 4.28. The van der Waals surface area contributed by atoms with Crippen molar-refractivity contribution < 1.29 is 9.53 Å². The molecule has 0 saturated carbocycles. The summed E-state index contributed by atoms with van der Waals surface area (Å²) in [7, 11) is 3.48. The van der Waals surface area contributed by atoms with Crippen LogP contribution in [0.15, 0.2) is 54.6 Å². The molecular weight excluding hydrogens is 352 g/mol. The molecule has 1 aromatic heterocycles. The van der Waals surface area contributed by atoms with Gasteiger partial charge >= 0.3 is 0 Å². The van der Waals surface area contributed by atoms with Crippen molar-refractivity contribution in [2.45, 2.75) is 20.4 Å². The summed E-state index contributed by atoms with van der Waals surface area (Å²) in [4.78, 5) is 23.7. The highest BCUT2D eigenvalue weighted by atomic mass is 16.5. The quantitative estimate of drug-likeness (QED) is 0.704. The fraction of sp³-hybridized carbons (Fsp3) is 0.227. The Balaban J connectivity index is 1.82. The predicted octanol–water partition coefficient (Wildman–Crippen LogP) is 3.99. The van der Waals surface area contributed by atoms with E-state index in [2.05, 4.69) is 15.3 Å². The Morgan fingerprint density at radius 2 is 1.82 bits per heavy atom. The van der Waals surface area contributed by atoms with Gasteiger partial charge in [0.2, 0.25) is 5.95 Å². The fourth-order valence-corrected chi connectivity index (χ4v) is 2.87. The second-order valence-corrected chi connectivity index (χ2v) is 6.69. The van der Waals surface area contributed by atoms with Crippen LogP contribution in [-0.4, -0.2) is 30.0 Å². The molecule has 0 bridgehead atoms. The zero-order valence-electron chi connectivity index (χ0n) is 16.6. The van der Waals surface area contributed by atoms with Crippen LogP contribution in [0, 0.1) is 13.8 Å².